The fourth-order valence-corrected chi connectivity index (χ4v) is 4.13. The number of aromatic nitrogens is 2. The maximum absolute atomic E-state index is 4.18. The smallest absolute Gasteiger partial charge is 0.205 e. The Kier molecular flexibility index (Phi) is 4.91. The molecule has 0 aliphatic heterocycles. The topological polar surface area (TPSA) is 37.8 Å². The van der Waals surface area contributed by atoms with Gasteiger partial charge in [-0.3, -0.25) is 0 Å². The molecule has 1 fully saturated rings. The highest BCUT2D eigenvalue weighted by atomic mass is 32.2. The predicted molar refractivity (Wildman–Crippen MR) is 72.2 cm³/mol. The Morgan fingerprint density at radius 1 is 1.38 bits per heavy atom. The summed E-state index contributed by atoms with van der Waals surface area (Å²) in [5, 5.41) is 13.6. The van der Waals surface area contributed by atoms with Crippen LogP contribution in [0.3, 0.4) is 0 Å². The van der Waals surface area contributed by atoms with E-state index in [1.807, 2.05) is 11.8 Å². The number of rotatable bonds is 6. The molecular weight excluding hydrogens is 238 g/mol. The zero-order valence-corrected chi connectivity index (χ0v) is 11.4. The van der Waals surface area contributed by atoms with Gasteiger partial charge in [-0.1, -0.05) is 24.2 Å². The van der Waals surface area contributed by atoms with E-state index < -0.39 is 0 Å². The summed E-state index contributed by atoms with van der Waals surface area (Å²) in [6.45, 7) is 3.00. The van der Waals surface area contributed by atoms with Gasteiger partial charge in [-0.05, 0) is 31.4 Å². The van der Waals surface area contributed by atoms with Crippen molar-refractivity contribution in [2.45, 2.75) is 38.4 Å². The number of hydrogen-bond donors (Lipinski definition) is 1. The molecule has 1 N–H and O–H groups in total. The van der Waals surface area contributed by atoms with E-state index in [4.69, 9.17) is 0 Å². The maximum Gasteiger partial charge on any atom is 0.205 e. The third-order valence-corrected chi connectivity index (χ3v) is 5.10. The van der Waals surface area contributed by atoms with Crippen LogP contribution in [0, 0.1) is 5.92 Å². The van der Waals surface area contributed by atoms with Gasteiger partial charge in [0.15, 0.2) is 0 Å². The highest BCUT2D eigenvalue weighted by Gasteiger charge is 2.15. The molecule has 0 atom stereocenters. The molecule has 0 aromatic carbocycles. The lowest BCUT2D eigenvalue weighted by Gasteiger charge is -2.06. The number of anilines is 1. The second kappa shape index (κ2) is 6.45. The summed E-state index contributed by atoms with van der Waals surface area (Å²) < 4.78 is 0. The highest BCUT2D eigenvalue weighted by Crippen LogP contribution is 2.29. The number of hydrogen-bond acceptors (Lipinski definition) is 5. The van der Waals surface area contributed by atoms with Gasteiger partial charge in [0.05, 0.1) is 0 Å². The van der Waals surface area contributed by atoms with E-state index in [0.717, 1.165) is 28.4 Å². The predicted octanol–water partition coefficient (Wildman–Crippen LogP) is 3.39. The molecule has 1 aromatic rings. The molecule has 1 aliphatic rings. The van der Waals surface area contributed by atoms with Crippen LogP contribution >= 0.6 is 23.1 Å². The second-order valence-corrected chi connectivity index (χ2v) is 6.29. The Bertz CT molecular complexity index is 308. The van der Waals surface area contributed by atoms with Crippen LogP contribution in [-0.2, 0) is 5.75 Å². The number of thioether (sulfide) groups is 1. The van der Waals surface area contributed by atoms with E-state index in [-0.39, 0.29) is 0 Å². The van der Waals surface area contributed by atoms with Gasteiger partial charge >= 0.3 is 0 Å². The molecule has 1 saturated carbocycles. The molecule has 1 aliphatic carbocycles. The first-order valence-electron chi connectivity index (χ1n) is 6.02. The van der Waals surface area contributed by atoms with Crippen molar-refractivity contribution in [2.75, 3.05) is 17.6 Å². The van der Waals surface area contributed by atoms with Crippen LogP contribution in [0.5, 0.6) is 0 Å². The van der Waals surface area contributed by atoms with E-state index in [2.05, 4.69) is 22.4 Å². The second-order valence-electron chi connectivity index (χ2n) is 4.20. The van der Waals surface area contributed by atoms with Crippen LogP contribution in [0.4, 0.5) is 5.13 Å². The van der Waals surface area contributed by atoms with Gasteiger partial charge in [0, 0.05) is 12.3 Å². The normalized spacial score (nSPS) is 16.8. The third-order valence-electron chi connectivity index (χ3n) is 2.85. The highest BCUT2D eigenvalue weighted by molar-refractivity contribution is 7.98. The first kappa shape index (κ1) is 12.2. The van der Waals surface area contributed by atoms with Crippen molar-refractivity contribution < 1.29 is 0 Å². The Morgan fingerprint density at radius 3 is 2.94 bits per heavy atom. The number of nitrogens with zero attached hydrogens (tertiary/aromatic N) is 2. The summed E-state index contributed by atoms with van der Waals surface area (Å²) in [6, 6.07) is 0. The standard InChI is InChI=1S/C11H19N3S2/c1-2-12-11-14-13-10(16-11)8-15-7-9-5-3-4-6-9/h9H,2-8H2,1H3,(H,12,14). The first-order chi connectivity index (χ1) is 7.88. The van der Waals surface area contributed by atoms with E-state index in [0.29, 0.717) is 0 Å². The zero-order chi connectivity index (χ0) is 11.2. The fourth-order valence-electron chi connectivity index (χ4n) is 2.02. The van der Waals surface area contributed by atoms with E-state index in [1.165, 1.54) is 31.4 Å². The molecule has 1 aromatic heterocycles. The first-order valence-corrected chi connectivity index (χ1v) is 7.99. The van der Waals surface area contributed by atoms with Gasteiger partial charge in [0.25, 0.3) is 0 Å². The van der Waals surface area contributed by atoms with Gasteiger partial charge in [-0.15, -0.1) is 10.2 Å². The lowest BCUT2D eigenvalue weighted by atomic mass is 10.1. The molecule has 0 radical (unpaired) electrons. The van der Waals surface area contributed by atoms with Crippen LogP contribution in [0.25, 0.3) is 0 Å². The lowest BCUT2D eigenvalue weighted by Crippen LogP contribution is -1.96. The number of nitrogens with one attached hydrogen (secondary N) is 1. The molecule has 1 heterocycles. The molecule has 2 rings (SSSR count). The summed E-state index contributed by atoms with van der Waals surface area (Å²) in [5.74, 6) is 3.29. The molecule has 90 valence electrons. The molecule has 5 heteroatoms. The maximum atomic E-state index is 4.18. The van der Waals surface area contributed by atoms with Crippen LogP contribution in [0.2, 0.25) is 0 Å². The third kappa shape index (κ3) is 3.63. The summed E-state index contributed by atoms with van der Waals surface area (Å²) in [5.41, 5.74) is 0. The van der Waals surface area contributed by atoms with Crippen molar-refractivity contribution in [2.24, 2.45) is 5.92 Å². The van der Waals surface area contributed by atoms with Crippen molar-refractivity contribution in [3.63, 3.8) is 0 Å². The molecule has 3 nitrogen and oxygen atoms in total. The van der Waals surface area contributed by atoms with Crippen LogP contribution in [-0.4, -0.2) is 22.5 Å². The SMILES string of the molecule is CCNc1nnc(CSCC2CCCC2)s1. The van der Waals surface area contributed by atoms with Crippen LogP contribution in [0.1, 0.15) is 37.6 Å². The minimum atomic E-state index is 0.920. The van der Waals surface area contributed by atoms with Gasteiger partial charge in [-0.25, -0.2) is 0 Å². The van der Waals surface area contributed by atoms with Gasteiger partial charge in [0.2, 0.25) is 5.13 Å². The van der Waals surface area contributed by atoms with Gasteiger partial charge in [-0.2, -0.15) is 11.8 Å². The van der Waals surface area contributed by atoms with Crippen LogP contribution < -0.4 is 5.32 Å². The van der Waals surface area contributed by atoms with Gasteiger partial charge in [0.1, 0.15) is 5.01 Å². The van der Waals surface area contributed by atoms with Crippen molar-refractivity contribution in [3.8, 4) is 0 Å². The Labute approximate surface area is 105 Å². The van der Waals surface area contributed by atoms with E-state index >= 15 is 0 Å². The Morgan fingerprint density at radius 2 is 2.19 bits per heavy atom. The van der Waals surface area contributed by atoms with E-state index in [9.17, 15) is 0 Å². The monoisotopic (exact) mass is 257 g/mol. The molecule has 0 saturated heterocycles. The molecule has 0 unspecified atom stereocenters. The molecule has 0 amide bonds. The Hall–Kier alpha value is -0.290. The summed E-state index contributed by atoms with van der Waals surface area (Å²) in [4.78, 5) is 0. The quantitative estimate of drug-likeness (QED) is 0.847. The van der Waals surface area contributed by atoms with E-state index in [1.54, 1.807) is 11.3 Å². The van der Waals surface area contributed by atoms with Crippen molar-refractivity contribution in [1.82, 2.24) is 10.2 Å². The lowest BCUT2D eigenvalue weighted by molar-refractivity contribution is 0.623. The Balaban J connectivity index is 1.67. The minimum absolute atomic E-state index is 0.920. The van der Waals surface area contributed by atoms with Crippen LogP contribution in [0.15, 0.2) is 0 Å². The average Bonchev–Trinajstić information content (AvgIpc) is 2.90. The largest absolute Gasteiger partial charge is 0.360 e. The van der Waals surface area contributed by atoms with Crippen molar-refractivity contribution in [3.05, 3.63) is 5.01 Å². The summed E-state index contributed by atoms with van der Waals surface area (Å²) in [7, 11) is 0. The summed E-state index contributed by atoms with van der Waals surface area (Å²) >= 11 is 3.70. The average molecular weight is 257 g/mol. The van der Waals surface area contributed by atoms with Crippen molar-refractivity contribution >= 4 is 28.2 Å². The molecule has 16 heavy (non-hydrogen) atoms. The zero-order valence-electron chi connectivity index (χ0n) is 9.74. The minimum Gasteiger partial charge on any atom is -0.360 e. The fraction of sp³-hybridized carbons (Fsp3) is 0.818. The molecule has 0 spiro atoms. The summed E-state index contributed by atoms with van der Waals surface area (Å²) in [6.07, 6.45) is 5.75. The molecule has 0 bridgehead atoms. The molecular formula is C11H19N3S2. The van der Waals surface area contributed by atoms with Gasteiger partial charge < -0.3 is 5.32 Å². The van der Waals surface area contributed by atoms with Crippen molar-refractivity contribution in [1.29, 1.82) is 0 Å².